The number of benzene rings is 1. The third kappa shape index (κ3) is 3.69. The molecular formula is C33H40O8. The Labute approximate surface area is 240 Å². The highest BCUT2D eigenvalue weighted by Gasteiger charge is 2.74. The van der Waals surface area contributed by atoms with Gasteiger partial charge in [0.2, 0.25) is 5.78 Å². The summed E-state index contributed by atoms with van der Waals surface area (Å²) in [5.41, 5.74) is -5.44. The Hall–Kier alpha value is -3.52. The molecule has 4 rings (SSSR count). The van der Waals surface area contributed by atoms with Gasteiger partial charge < -0.3 is 20.4 Å². The summed E-state index contributed by atoms with van der Waals surface area (Å²) < 4.78 is 0. The molecule has 1 aromatic carbocycles. The lowest BCUT2D eigenvalue weighted by Gasteiger charge is -2.64. The zero-order valence-corrected chi connectivity index (χ0v) is 25.0. The molecule has 0 radical (unpaired) electrons. The molecule has 0 bridgehead atoms. The van der Waals surface area contributed by atoms with Crippen LogP contribution < -0.4 is 0 Å². The monoisotopic (exact) mass is 564 g/mol. The minimum absolute atomic E-state index is 0.0742. The van der Waals surface area contributed by atoms with Gasteiger partial charge in [0.15, 0.2) is 23.0 Å². The number of hydrogen-bond acceptors (Lipinski definition) is 8. The summed E-state index contributed by atoms with van der Waals surface area (Å²) in [6.45, 7) is 13.6. The first-order valence-electron chi connectivity index (χ1n) is 14.2. The van der Waals surface area contributed by atoms with Gasteiger partial charge >= 0.3 is 0 Å². The van der Waals surface area contributed by atoms with Crippen molar-refractivity contribution in [3.05, 3.63) is 57.6 Å². The van der Waals surface area contributed by atoms with Gasteiger partial charge in [-0.1, -0.05) is 60.6 Å². The maximum atomic E-state index is 14.3. The third-order valence-corrected chi connectivity index (χ3v) is 10.5. The Bertz CT molecular complexity index is 1480. The Morgan fingerprint density at radius 1 is 1.07 bits per heavy atom. The van der Waals surface area contributed by atoms with Crippen molar-refractivity contribution in [1.82, 2.24) is 0 Å². The zero-order chi connectivity index (χ0) is 31.0. The van der Waals surface area contributed by atoms with Crippen molar-refractivity contribution in [1.29, 1.82) is 0 Å². The normalized spacial score (nSPS) is 33.3. The Kier molecular flexibility index (Phi) is 7.27. The van der Waals surface area contributed by atoms with E-state index in [1.54, 1.807) is 46.8 Å². The largest absolute Gasteiger partial charge is 0.511 e. The molecule has 0 aliphatic heterocycles. The molecule has 0 aromatic heterocycles. The van der Waals surface area contributed by atoms with Crippen LogP contribution in [0.15, 0.2) is 40.9 Å². The number of carbonyl (C=O) groups is 4. The number of ketones is 4. The average Bonchev–Trinajstić information content (AvgIpc) is 2.88. The highest BCUT2D eigenvalue weighted by Crippen LogP contribution is 2.70. The Balaban J connectivity index is 2.05. The van der Waals surface area contributed by atoms with Crippen LogP contribution >= 0.6 is 0 Å². The third-order valence-electron chi connectivity index (χ3n) is 10.5. The summed E-state index contributed by atoms with van der Waals surface area (Å²) in [6.07, 6.45) is 3.78. The molecular weight excluding hydrogens is 524 g/mol. The van der Waals surface area contributed by atoms with Crippen LogP contribution in [-0.2, 0) is 14.4 Å². The summed E-state index contributed by atoms with van der Waals surface area (Å²) in [5, 5.41) is 46.8. The topological polar surface area (TPSA) is 149 Å². The first-order chi connectivity index (χ1) is 18.9. The number of allylic oxidation sites excluding steroid dienone is 3. The van der Waals surface area contributed by atoms with Crippen molar-refractivity contribution in [2.75, 3.05) is 0 Å². The van der Waals surface area contributed by atoms with E-state index >= 15 is 0 Å². The van der Waals surface area contributed by atoms with Gasteiger partial charge in [0.1, 0.15) is 22.8 Å². The predicted octanol–water partition coefficient (Wildman–Crippen LogP) is 5.54. The molecule has 0 saturated heterocycles. The molecule has 220 valence electrons. The minimum atomic E-state index is -2.68. The van der Waals surface area contributed by atoms with Crippen LogP contribution in [0.2, 0.25) is 0 Å². The van der Waals surface area contributed by atoms with Gasteiger partial charge in [-0.05, 0) is 48.8 Å². The Morgan fingerprint density at radius 3 is 2.22 bits per heavy atom. The van der Waals surface area contributed by atoms with E-state index in [1.165, 1.54) is 12.2 Å². The molecule has 41 heavy (non-hydrogen) atoms. The van der Waals surface area contributed by atoms with Crippen LogP contribution in [0.5, 0.6) is 5.75 Å². The number of aliphatic hydroxyl groups is 3. The second kappa shape index (κ2) is 9.79. The van der Waals surface area contributed by atoms with Crippen molar-refractivity contribution in [3.63, 3.8) is 0 Å². The van der Waals surface area contributed by atoms with E-state index in [0.29, 0.717) is 18.4 Å². The van der Waals surface area contributed by atoms with Gasteiger partial charge in [0.25, 0.3) is 0 Å². The molecule has 0 heterocycles. The number of rotatable bonds is 6. The summed E-state index contributed by atoms with van der Waals surface area (Å²) in [7, 11) is 0. The fourth-order valence-corrected chi connectivity index (χ4v) is 8.04. The highest BCUT2D eigenvalue weighted by atomic mass is 16.3. The van der Waals surface area contributed by atoms with E-state index in [4.69, 9.17) is 0 Å². The molecule has 4 N–H and O–H groups in total. The van der Waals surface area contributed by atoms with Crippen LogP contribution in [0.3, 0.4) is 0 Å². The second-order valence-corrected chi connectivity index (χ2v) is 12.7. The van der Waals surface area contributed by atoms with E-state index < -0.39 is 68.6 Å². The first-order valence-corrected chi connectivity index (χ1v) is 14.2. The molecule has 0 spiro atoms. The molecule has 0 saturated carbocycles. The van der Waals surface area contributed by atoms with Crippen molar-refractivity contribution in [2.45, 2.75) is 79.8 Å². The molecule has 8 heteroatoms. The molecule has 1 unspecified atom stereocenters. The standard InChI is InChI=1S/C33H40O8/c1-9-10-20(35)13-11-19-12-14-21-16(4)31(7)18(6)32(8)24(15(2)3)27(37)22(17(5)34)29(39)33(32,41)30(40)25(31)28(38)23(21)26(19)36/h11-16,18,24,36-37,40-41H,9-10H2,1-8H3/b13-11+/t16-,18-,24?,31-,32-,33+/m1/s1. The SMILES string of the molecule is CCCC(=O)/C=C/c1ccc2c(c1O)C(=O)C1=C(O)[C@@]3(O)C(=O)C(C(C)=O)=C(O)C(C(C)C)[C@@]3(C)[C@H](C)[C@@]1(C)[C@@H]2C. The van der Waals surface area contributed by atoms with Crippen LogP contribution in [0.25, 0.3) is 6.08 Å². The quantitative estimate of drug-likeness (QED) is 0.260. The van der Waals surface area contributed by atoms with Crippen LogP contribution in [0.4, 0.5) is 0 Å². The molecule has 0 amide bonds. The minimum Gasteiger partial charge on any atom is -0.511 e. The summed E-state index contributed by atoms with van der Waals surface area (Å²) >= 11 is 0. The lowest BCUT2D eigenvalue weighted by Crippen LogP contribution is -2.71. The number of aliphatic hydroxyl groups excluding tert-OH is 2. The summed E-state index contributed by atoms with van der Waals surface area (Å²) in [6, 6.07) is 3.35. The van der Waals surface area contributed by atoms with Crippen LogP contribution in [0.1, 0.15) is 95.6 Å². The van der Waals surface area contributed by atoms with Crippen molar-refractivity contribution >= 4 is 29.2 Å². The van der Waals surface area contributed by atoms with Crippen molar-refractivity contribution in [2.24, 2.45) is 28.6 Å². The van der Waals surface area contributed by atoms with Crippen LogP contribution in [-0.4, -0.2) is 49.2 Å². The van der Waals surface area contributed by atoms with Crippen LogP contribution in [0, 0.1) is 28.6 Å². The van der Waals surface area contributed by atoms with Gasteiger partial charge in [0, 0.05) is 34.3 Å². The van der Waals surface area contributed by atoms with Crippen molar-refractivity contribution < 1.29 is 39.6 Å². The molecule has 3 aliphatic carbocycles. The zero-order valence-electron chi connectivity index (χ0n) is 25.0. The number of aromatic hydroxyl groups is 1. The Morgan fingerprint density at radius 2 is 1.68 bits per heavy atom. The molecule has 1 aromatic rings. The highest BCUT2D eigenvalue weighted by molar-refractivity contribution is 6.25. The van der Waals surface area contributed by atoms with E-state index in [1.807, 2.05) is 13.8 Å². The van der Waals surface area contributed by atoms with Gasteiger partial charge in [-0.2, -0.15) is 0 Å². The maximum Gasteiger partial charge on any atom is 0.209 e. The fourth-order valence-electron chi connectivity index (χ4n) is 8.04. The summed E-state index contributed by atoms with van der Waals surface area (Å²) in [4.78, 5) is 52.8. The van der Waals surface area contributed by atoms with E-state index in [-0.39, 0.29) is 34.2 Å². The van der Waals surface area contributed by atoms with Gasteiger partial charge in [0.05, 0.1) is 5.56 Å². The molecule has 8 nitrogen and oxygen atoms in total. The number of phenols is 1. The number of carbonyl (C=O) groups excluding carboxylic acids is 4. The summed E-state index contributed by atoms with van der Waals surface area (Å²) in [5.74, 6) is -6.85. The smallest absolute Gasteiger partial charge is 0.209 e. The molecule has 3 aliphatic rings. The molecule has 6 atom stereocenters. The van der Waals surface area contributed by atoms with E-state index in [9.17, 15) is 39.6 Å². The van der Waals surface area contributed by atoms with Gasteiger partial charge in [-0.15, -0.1) is 0 Å². The second-order valence-electron chi connectivity index (χ2n) is 12.7. The lowest BCUT2D eigenvalue weighted by molar-refractivity contribution is -0.189. The molecule has 0 fully saturated rings. The number of hydrogen-bond donors (Lipinski definition) is 4. The average molecular weight is 565 g/mol. The number of phenolic OH excluding ortho intramolecular Hbond substituents is 1. The number of Topliss-reactive ketones (excluding diaryl/α,β-unsaturated/α-hetero) is 3. The van der Waals surface area contributed by atoms with Gasteiger partial charge in [-0.25, -0.2) is 0 Å². The van der Waals surface area contributed by atoms with Gasteiger partial charge in [-0.3, -0.25) is 19.2 Å². The number of fused-ring (bicyclic) bond motifs is 3. The van der Waals surface area contributed by atoms with Crippen molar-refractivity contribution in [3.8, 4) is 5.75 Å². The van der Waals surface area contributed by atoms with E-state index in [0.717, 1.165) is 6.92 Å². The van der Waals surface area contributed by atoms with E-state index in [2.05, 4.69) is 0 Å². The maximum absolute atomic E-state index is 14.3. The first kappa shape index (κ1) is 30.4. The lowest BCUT2D eigenvalue weighted by atomic mass is 9.39. The fraction of sp³-hybridized carbons (Fsp3) is 0.515. The predicted molar refractivity (Wildman–Crippen MR) is 153 cm³/mol.